The minimum absolute atomic E-state index is 0.609. The van der Waals surface area contributed by atoms with Crippen molar-refractivity contribution in [3.63, 3.8) is 0 Å². The average molecular weight is 790 g/mol. The number of hydrogen-bond acceptors (Lipinski definition) is 5. The fraction of sp³-hybridized carbons (Fsp3) is 0. The molecule has 0 saturated heterocycles. The first kappa shape index (κ1) is 36.5. The lowest BCUT2D eigenvalue weighted by Gasteiger charge is -2.16. The Balaban J connectivity index is 1.03. The fourth-order valence-corrected chi connectivity index (χ4v) is 8.48. The summed E-state index contributed by atoms with van der Waals surface area (Å²) in [5.41, 5.74) is 13.2. The van der Waals surface area contributed by atoms with Crippen molar-refractivity contribution in [1.82, 2.24) is 19.9 Å². The highest BCUT2D eigenvalue weighted by Crippen LogP contribution is 2.42. The minimum atomic E-state index is 0.609. The molecule has 0 unspecified atom stereocenters. The second-order valence-corrected chi connectivity index (χ2v) is 15.4. The molecule has 0 saturated carbocycles. The van der Waals surface area contributed by atoms with Crippen molar-refractivity contribution in [3.05, 3.63) is 218 Å². The molecule has 0 radical (unpaired) electrons. The average Bonchev–Trinajstić information content (AvgIpc) is 3.36. The van der Waals surface area contributed by atoms with Gasteiger partial charge in [-0.3, -0.25) is 4.98 Å². The van der Waals surface area contributed by atoms with Gasteiger partial charge in [-0.05, 0) is 96.9 Å². The molecule has 0 aliphatic heterocycles. The zero-order valence-corrected chi connectivity index (χ0v) is 33.4. The van der Waals surface area contributed by atoms with Crippen LogP contribution in [0.1, 0.15) is 5.56 Å². The SMILES string of the molecule is N#Cc1ccc(-c2ccc(-c3cc4c5ccccc5c(-c5cccc(-c6nc(-c7ccccc7)nc(-c7ccc(-c8ccccc8)cc7)n6)c5)cc4c4cccnc34)cc2)cc1. The van der Waals surface area contributed by atoms with E-state index in [1.54, 1.807) is 0 Å². The van der Waals surface area contributed by atoms with Gasteiger partial charge in [0.1, 0.15) is 0 Å². The zero-order chi connectivity index (χ0) is 41.4. The predicted octanol–water partition coefficient (Wildman–Crippen LogP) is 14.3. The highest BCUT2D eigenvalue weighted by Gasteiger charge is 2.18. The number of rotatable bonds is 7. The van der Waals surface area contributed by atoms with Crippen LogP contribution in [0.25, 0.3) is 111 Å². The summed E-state index contributed by atoms with van der Waals surface area (Å²) in [4.78, 5) is 20.2. The Bertz CT molecular complexity index is 3490. The van der Waals surface area contributed by atoms with E-state index in [1.807, 2.05) is 72.9 Å². The Hall–Kier alpha value is -8.59. The molecule has 9 aromatic carbocycles. The summed E-state index contributed by atoms with van der Waals surface area (Å²) in [6, 6.07) is 73.5. The Morgan fingerprint density at radius 1 is 0.306 bits per heavy atom. The molecule has 0 N–H and O–H groups in total. The van der Waals surface area contributed by atoms with Crippen LogP contribution in [-0.4, -0.2) is 19.9 Å². The molecule has 2 aromatic heterocycles. The molecule has 0 amide bonds. The van der Waals surface area contributed by atoms with Crippen LogP contribution >= 0.6 is 0 Å². The van der Waals surface area contributed by atoms with Crippen molar-refractivity contribution in [2.75, 3.05) is 0 Å². The summed E-state index contributed by atoms with van der Waals surface area (Å²) in [6.45, 7) is 0. The van der Waals surface area contributed by atoms with Crippen molar-refractivity contribution >= 4 is 32.4 Å². The van der Waals surface area contributed by atoms with Crippen molar-refractivity contribution in [3.8, 4) is 84.7 Å². The molecule has 2 heterocycles. The Morgan fingerprint density at radius 3 is 1.42 bits per heavy atom. The van der Waals surface area contributed by atoms with E-state index in [0.717, 1.165) is 82.9 Å². The lowest BCUT2D eigenvalue weighted by molar-refractivity contribution is 1.07. The summed E-state index contributed by atoms with van der Waals surface area (Å²) in [6.07, 6.45) is 1.87. The van der Waals surface area contributed by atoms with E-state index in [4.69, 9.17) is 19.9 Å². The van der Waals surface area contributed by atoms with E-state index in [9.17, 15) is 5.26 Å². The van der Waals surface area contributed by atoms with Crippen LogP contribution < -0.4 is 0 Å². The molecule has 0 aliphatic carbocycles. The van der Waals surface area contributed by atoms with Crippen molar-refractivity contribution < 1.29 is 0 Å². The second kappa shape index (κ2) is 15.5. The fourth-order valence-electron chi connectivity index (χ4n) is 8.48. The van der Waals surface area contributed by atoms with E-state index in [0.29, 0.717) is 23.0 Å². The van der Waals surface area contributed by atoms with E-state index in [1.165, 1.54) is 10.8 Å². The molecular formula is C57H35N5. The van der Waals surface area contributed by atoms with Gasteiger partial charge in [0.2, 0.25) is 0 Å². The summed E-state index contributed by atoms with van der Waals surface area (Å²) < 4.78 is 0. The monoisotopic (exact) mass is 789 g/mol. The van der Waals surface area contributed by atoms with Gasteiger partial charge in [-0.25, -0.2) is 15.0 Å². The van der Waals surface area contributed by atoms with Crippen LogP contribution in [-0.2, 0) is 0 Å². The molecule has 11 rings (SSSR count). The largest absolute Gasteiger partial charge is 0.256 e. The van der Waals surface area contributed by atoms with Crippen molar-refractivity contribution in [2.45, 2.75) is 0 Å². The summed E-state index contributed by atoms with van der Waals surface area (Å²) in [7, 11) is 0. The summed E-state index contributed by atoms with van der Waals surface area (Å²) in [5.74, 6) is 1.85. The van der Waals surface area contributed by atoms with Gasteiger partial charge in [-0.15, -0.1) is 0 Å². The van der Waals surface area contributed by atoms with Crippen LogP contribution in [0.3, 0.4) is 0 Å². The zero-order valence-electron chi connectivity index (χ0n) is 33.4. The molecule has 288 valence electrons. The number of fused-ring (bicyclic) bond motifs is 5. The smallest absolute Gasteiger partial charge is 0.164 e. The summed E-state index contributed by atoms with van der Waals surface area (Å²) in [5, 5.41) is 15.0. The Labute approximate surface area is 359 Å². The highest BCUT2D eigenvalue weighted by molar-refractivity contribution is 6.23. The molecule has 62 heavy (non-hydrogen) atoms. The Kier molecular flexibility index (Phi) is 9.15. The number of benzene rings is 9. The number of nitrogens with zero attached hydrogens (tertiary/aromatic N) is 5. The molecule has 0 spiro atoms. The predicted molar refractivity (Wildman–Crippen MR) is 253 cm³/mol. The molecular weight excluding hydrogens is 755 g/mol. The first-order valence-corrected chi connectivity index (χ1v) is 20.6. The third-order valence-electron chi connectivity index (χ3n) is 11.6. The van der Waals surface area contributed by atoms with Crippen LogP contribution in [0, 0.1) is 11.3 Å². The third-order valence-corrected chi connectivity index (χ3v) is 11.6. The quantitative estimate of drug-likeness (QED) is 0.150. The van der Waals surface area contributed by atoms with Crippen LogP contribution in [0.15, 0.2) is 212 Å². The number of pyridine rings is 1. The van der Waals surface area contributed by atoms with Crippen molar-refractivity contribution in [2.24, 2.45) is 0 Å². The first-order chi connectivity index (χ1) is 30.7. The standard InChI is InChI=1S/C57H35N5/c58-36-37-20-22-39(23-21-37)41-24-28-42(29-25-41)51-35-52-48-18-8-7-17-47(48)50(34-53(52)49-19-10-32-59-54(49)51)45-15-9-16-46(33-45)57-61-55(43-13-5-2-6-14-43)60-56(62-57)44-30-26-40(27-31-44)38-11-3-1-4-12-38/h1-35H. The molecule has 5 heteroatoms. The van der Waals surface area contributed by atoms with E-state index in [-0.39, 0.29) is 0 Å². The van der Waals surface area contributed by atoms with Crippen LogP contribution in [0.5, 0.6) is 0 Å². The van der Waals surface area contributed by atoms with Gasteiger partial charge in [-0.2, -0.15) is 5.26 Å². The maximum absolute atomic E-state index is 9.27. The van der Waals surface area contributed by atoms with Crippen LogP contribution in [0.4, 0.5) is 0 Å². The molecule has 11 aromatic rings. The van der Waals surface area contributed by atoms with Gasteiger partial charge < -0.3 is 0 Å². The van der Waals surface area contributed by atoms with Gasteiger partial charge in [-0.1, -0.05) is 170 Å². The molecule has 0 aliphatic rings. The Morgan fingerprint density at radius 2 is 0.758 bits per heavy atom. The van der Waals surface area contributed by atoms with Crippen LogP contribution in [0.2, 0.25) is 0 Å². The molecule has 0 atom stereocenters. The van der Waals surface area contributed by atoms with Gasteiger partial charge in [0, 0.05) is 33.8 Å². The van der Waals surface area contributed by atoms with E-state index < -0.39 is 0 Å². The summed E-state index contributed by atoms with van der Waals surface area (Å²) >= 11 is 0. The number of hydrogen-bond donors (Lipinski definition) is 0. The number of aromatic nitrogens is 4. The van der Waals surface area contributed by atoms with Gasteiger partial charge in [0.25, 0.3) is 0 Å². The highest BCUT2D eigenvalue weighted by atomic mass is 15.0. The van der Waals surface area contributed by atoms with E-state index in [2.05, 4.69) is 146 Å². The first-order valence-electron chi connectivity index (χ1n) is 20.6. The third kappa shape index (κ3) is 6.72. The second-order valence-electron chi connectivity index (χ2n) is 15.4. The van der Waals surface area contributed by atoms with Gasteiger partial charge >= 0.3 is 0 Å². The van der Waals surface area contributed by atoms with E-state index >= 15 is 0 Å². The van der Waals surface area contributed by atoms with Gasteiger partial charge in [0.05, 0.1) is 17.1 Å². The lowest BCUT2D eigenvalue weighted by atomic mass is 9.88. The topological polar surface area (TPSA) is 75.3 Å². The molecule has 0 fully saturated rings. The maximum atomic E-state index is 9.27. The minimum Gasteiger partial charge on any atom is -0.256 e. The number of nitriles is 1. The van der Waals surface area contributed by atoms with Crippen molar-refractivity contribution in [1.29, 1.82) is 5.26 Å². The molecule has 5 nitrogen and oxygen atoms in total. The maximum Gasteiger partial charge on any atom is 0.164 e. The normalized spacial score (nSPS) is 11.2. The van der Waals surface area contributed by atoms with Gasteiger partial charge in [0.15, 0.2) is 17.5 Å². The molecule has 0 bridgehead atoms. The lowest BCUT2D eigenvalue weighted by Crippen LogP contribution is -2.00.